The van der Waals surface area contributed by atoms with Crippen molar-refractivity contribution in [1.82, 2.24) is 65.2 Å². The van der Waals surface area contributed by atoms with Gasteiger partial charge in [-0.25, -0.2) is 19.9 Å². The maximum absolute atomic E-state index is 13.3. The lowest BCUT2D eigenvalue weighted by Crippen LogP contribution is -2.36. The number of hydrogen-bond acceptors (Lipinski definition) is 11. The first-order valence-corrected chi connectivity index (χ1v) is 32.4. The molecule has 10 aromatic rings. The molecule has 6 aliphatic heterocycles. The van der Waals surface area contributed by atoms with Crippen LogP contribution in [0.15, 0.2) is 158 Å². The number of benzene rings is 4. The summed E-state index contributed by atoms with van der Waals surface area (Å²) < 4.78 is 0. The van der Waals surface area contributed by atoms with Crippen LogP contribution in [0.4, 0.5) is 11.4 Å². The van der Waals surface area contributed by atoms with Gasteiger partial charge in [-0.2, -0.15) is 0 Å². The Morgan fingerprint density at radius 3 is 1.48 bits per heavy atom. The molecule has 0 atom stereocenters. The van der Waals surface area contributed by atoms with Crippen LogP contribution in [0.2, 0.25) is 0 Å². The van der Waals surface area contributed by atoms with Crippen LogP contribution in [0.1, 0.15) is 52.0 Å². The molecule has 6 aliphatic rings. The number of carbonyl (C=O) groups is 1. The second-order valence-corrected chi connectivity index (χ2v) is 24.8. The van der Waals surface area contributed by atoms with E-state index in [9.17, 15) is 4.79 Å². The fourth-order valence-corrected chi connectivity index (χ4v) is 13.1. The van der Waals surface area contributed by atoms with E-state index in [1.165, 1.54) is 27.2 Å². The van der Waals surface area contributed by atoms with E-state index in [0.29, 0.717) is 13.0 Å². The molecule has 0 saturated carbocycles. The van der Waals surface area contributed by atoms with Crippen LogP contribution in [0.3, 0.4) is 0 Å². The second kappa shape index (κ2) is 26.5. The van der Waals surface area contributed by atoms with Crippen LogP contribution in [0, 0.1) is 0 Å². The molecule has 6 aromatic heterocycles. The number of anilines is 2. The van der Waals surface area contributed by atoms with Crippen LogP contribution >= 0.6 is 0 Å². The predicted octanol–water partition coefficient (Wildman–Crippen LogP) is 13.5. The van der Waals surface area contributed by atoms with Crippen molar-refractivity contribution in [2.45, 2.75) is 6.42 Å². The normalized spacial score (nSPS) is 15.7. The first-order valence-electron chi connectivity index (χ1n) is 32.4. The Hall–Kier alpha value is -10.3. The Balaban J connectivity index is 0.000000155. The summed E-state index contributed by atoms with van der Waals surface area (Å²) in [6, 6.07) is 55.2. The maximum Gasteiger partial charge on any atom is 0.225 e. The van der Waals surface area contributed by atoms with Crippen LogP contribution in [0.25, 0.3) is 137 Å². The number of amides is 1. The van der Waals surface area contributed by atoms with Gasteiger partial charge in [-0.15, -0.1) is 0 Å². The molecule has 0 aliphatic carbocycles. The van der Waals surface area contributed by atoms with Crippen molar-refractivity contribution in [3.63, 3.8) is 0 Å². The summed E-state index contributed by atoms with van der Waals surface area (Å²) in [5.41, 5.74) is 21.0. The Bertz CT molecular complexity index is 4870. The van der Waals surface area contributed by atoms with E-state index in [0.717, 1.165) is 196 Å². The summed E-state index contributed by atoms with van der Waals surface area (Å²) in [4.78, 5) is 57.3. The average Bonchev–Trinajstić information content (AvgIpc) is 1.41. The summed E-state index contributed by atoms with van der Waals surface area (Å²) in [6.07, 6.45) is 16.9. The zero-order chi connectivity index (χ0) is 62.6. The minimum Gasteiger partial charge on any atom is -0.368 e. The summed E-state index contributed by atoms with van der Waals surface area (Å²) in [5.74, 6) is -0.0112. The molecule has 4 aromatic carbocycles. The highest BCUT2D eigenvalue weighted by Gasteiger charge is 2.21. The smallest absolute Gasteiger partial charge is 0.225 e. The average molecular weight is 1230 g/mol. The molecule has 1 amide bonds. The molecular formula is C77H75N15O. The van der Waals surface area contributed by atoms with Gasteiger partial charge in [-0.3, -0.25) is 4.79 Å². The minimum absolute atomic E-state index is 0.0112. The van der Waals surface area contributed by atoms with Crippen molar-refractivity contribution in [3.8, 4) is 22.3 Å². The molecule has 12 heterocycles. The van der Waals surface area contributed by atoms with Gasteiger partial charge < -0.3 is 55.5 Å². The molecule has 464 valence electrons. The quantitative estimate of drug-likeness (QED) is 0.0755. The number of aromatic amines is 4. The number of hydrogen-bond donors (Lipinski definition) is 7. The highest BCUT2D eigenvalue weighted by atomic mass is 16.1. The van der Waals surface area contributed by atoms with Crippen molar-refractivity contribution in [1.29, 1.82) is 0 Å². The van der Waals surface area contributed by atoms with E-state index in [1.807, 2.05) is 60.7 Å². The Kier molecular flexibility index (Phi) is 16.8. The molecule has 16 nitrogen and oxygen atoms in total. The lowest BCUT2D eigenvalue weighted by atomic mass is 9.94. The molecular weight excluding hydrogens is 1150 g/mol. The van der Waals surface area contributed by atoms with Gasteiger partial charge in [-0.1, -0.05) is 48.5 Å². The Morgan fingerprint density at radius 2 is 0.892 bits per heavy atom. The molecule has 0 unspecified atom stereocenters. The van der Waals surface area contributed by atoms with Gasteiger partial charge in [0.05, 0.1) is 45.6 Å². The summed E-state index contributed by atoms with van der Waals surface area (Å²) >= 11 is 0. The summed E-state index contributed by atoms with van der Waals surface area (Å²) in [6.45, 7) is 12.6. The molecule has 7 N–H and O–H groups in total. The van der Waals surface area contributed by atoms with Crippen molar-refractivity contribution < 1.29 is 4.79 Å². The van der Waals surface area contributed by atoms with Gasteiger partial charge in [0, 0.05) is 169 Å². The number of nitrogens with zero attached hydrogens (tertiary/aromatic N) is 8. The van der Waals surface area contributed by atoms with Crippen LogP contribution in [-0.2, 0) is 4.79 Å². The molecule has 2 saturated heterocycles. The maximum atomic E-state index is 13.3. The third-order valence-corrected chi connectivity index (χ3v) is 18.1. The highest BCUT2D eigenvalue weighted by Crippen LogP contribution is 2.40. The number of H-pyrrole nitrogens is 4. The third kappa shape index (κ3) is 13.5. The minimum atomic E-state index is -0.0112. The number of aromatic nitrogens is 8. The van der Waals surface area contributed by atoms with E-state index < -0.39 is 0 Å². The highest BCUT2D eigenvalue weighted by molar-refractivity contribution is 6.11. The standard InChI is InChI=1S/C42H39N7.C35H36N8O/c1-47-17-18-48(2)20-22-49(21-19-47)41-8-4-6-29-23-28-5-3-7-36(37(28)27-38(29)41)42-39-15-13-34(45-39)25-32-11-9-30(43-32)24-31-10-12-33(44-31)26-35-14-16-40(42)46-35;44-34(13-18-43-19-16-36-14-15-37-17-20-43)42-31-4-2-1-3-30(31)35-32-11-9-28(40-32)22-26-7-5-24(38-26)21-25-6-8-27(39-25)23-29-10-12-33(35)41-29/h3-16,23-27,43,46H,17-22H2,1-2H3;1-12,21-23,36-39H,13-20H2,(H,42,44). The Labute approximate surface area is 540 Å². The van der Waals surface area contributed by atoms with Crippen LogP contribution < -0.4 is 20.9 Å². The first-order chi connectivity index (χ1) is 45.7. The second-order valence-electron chi connectivity index (χ2n) is 24.8. The first kappa shape index (κ1) is 59.0. The lowest BCUT2D eigenvalue weighted by Gasteiger charge is -2.28. The molecule has 93 heavy (non-hydrogen) atoms. The van der Waals surface area contributed by atoms with Crippen LogP contribution in [0.5, 0.6) is 0 Å². The number of fused-ring (bicyclic) bond motifs is 18. The zero-order valence-electron chi connectivity index (χ0n) is 52.5. The molecule has 16 heteroatoms. The summed E-state index contributed by atoms with van der Waals surface area (Å²) in [5, 5.41) is 15.1. The number of rotatable bonds is 7. The predicted molar refractivity (Wildman–Crippen MR) is 386 cm³/mol. The van der Waals surface area contributed by atoms with Gasteiger partial charge >= 0.3 is 0 Å². The van der Waals surface area contributed by atoms with Gasteiger partial charge in [-0.05, 0) is 194 Å². The number of nitrogens with one attached hydrogen (secondary N) is 7. The van der Waals surface area contributed by atoms with Crippen molar-refractivity contribution in [2.75, 3.05) is 109 Å². The third-order valence-electron chi connectivity index (χ3n) is 18.1. The van der Waals surface area contributed by atoms with Gasteiger partial charge in [0.2, 0.25) is 5.91 Å². The fourth-order valence-electron chi connectivity index (χ4n) is 13.1. The van der Waals surface area contributed by atoms with Crippen molar-refractivity contribution in [2.24, 2.45) is 0 Å². The van der Waals surface area contributed by atoms with Crippen molar-refractivity contribution >= 4 is 132 Å². The van der Waals surface area contributed by atoms with Gasteiger partial charge in [0.15, 0.2) is 0 Å². The van der Waals surface area contributed by atoms with E-state index in [4.69, 9.17) is 19.9 Å². The van der Waals surface area contributed by atoms with E-state index in [1.54, 1.807) is 0 Å². The van der Waals surface area contributed by atoms with Gasteiger partial charge in [0.1, 0.15) is 0 Å². The molecule has 0 spiro atoms. The van der Waals surface area contributed by atoms with E-state index in [-0.39, 0.29) is 5.91 Å². The van der Waals surface area contributed by atoms with Crippen molar-refractivity contribution in [3.05, 3.63) is 203 Å². The van der Waals surface area contributed by atoms with E-state index >= 15 is 0 Å². The monoisotopic (exact) mass is 1230 g/mol. The number of carbonyl (C=O) groups excluding carboxylic acids is 1. The lowest BCUT2D eigenvalue weighted by molar-refractivity contribution is -0.116. The van der Waals surface area contributed by atoms with E-state index in [2.05, 4.69) is 215 Å². The SMILES string of the molecule is CN1CCN(C)CCN(c2cccc3cc4cccc(-c5c6nc(cc7ccc(cc8nc(cc9ccc5[nH]9)C=C8)[nH]7)C=C6)c4cc23)CC1.O=C(CCN1CCNCCNCC1)Nc1ccccc1-c1c2nc(cc3ccc(cc4ccc(cc5nc1C=C5)[nH]4)[nH]3)C=C2. The van der Waals surface area contributed by atoms with Crippen LogP contribution in [-0.4, -0.2) is 160 Å². The molecule has 16 bridgehead atoms. The molecule has 2 fully saturated rings. The molecule has 16 rings (SSSR count). The topological polar surface area (TPSA) is 181 Å². The fraction of sp³-hybridized carbons (Fsp3) is 0.208. The number of likely N-dealkylation sites (N-methyl/N-ethyl adjacent to an activating group) is 2. The van der Waals surface area contributed by atoms with Gasteiger partial charge in [0.25, 0.3) is 0 Å². The largest absolute Gasteiger partial charge is 0.368 e. The molecule has 0 radical (unpaired) electrons. The zero-order valence-corrected chi connectivity index (χ0v) is 52.5. The summed E-state index contributed by atoms with van der Waals surface area (Å²) in [7, 11) is 4.47. The number of para-hydroxylation sites is 1. The Morgan fingerprint density at radius 1 is 0.419 bits per heavy atom.